The predicted octanol–water partition coefficient (Wildman–Crippen LogP) is 7.08. The molecule has 0 radical (unpaired) electrons. The monoisotopic (exact) mass is 319 g/mol. The summed E-state index contributed by atoms with van der Waals surface area (Å²) in [6, 6.07) is 17.1. The van der Waals surface area contributed by atoms with Crippen molar-refractivity contribution in [2.45, 2.75) is 6.92 Å². The third-order valence-corrected chi connectivity index (χ3v) is 4.18. The minimum Gasteiger partial charge on any atom is -0.151 e. The molecule has 0 unspecified atom stereocenters. The van der Waals surface area contributed by atoms with Gasteiger partial charge in [-0.2, -0.15) is 10.2 Å². The van der Waals surface area contributed by atoms with Crippen molar-refractivity contribution in [1.82, 2.24) is 0 Å². The van der Waals surface area contributed by atoms with E-state index in [1.54, 1.807) is 17.4 Å². The number of azide groups is 1. The summed E-state index contributed by atoms with van der Waals surface area (Å²) in [6.45, 7) is 2.04. The molecular weight excluding hydrogens is 306 g/mol. The topological polar surface area (TPSA) is 73.5 Å². The van der Waals surface area contributed by atoms with Crippen LogP contribution in [0, 0.1) is 6.92 Å². The zero-order valence-electron chi connectivity index (χ0n) is 12.4. The Labute approximate surface area is 137 Å². The molecule has 0 aliphatic carbocycles. The van der Waals surface area contributed by atoms with E-state index in [-0.39, 0.29) is 0 Å². The van der Waals surface area contributed by atoms with Crippen molar-refractivity contribution in [1.29, 1.82) is 0 Å². The summed E-state index contributed by atoms with van der Waals surface area (Å²) in [4.78, 5) is 4.11. The maximum atomic E-state index is 8.91. The fourth-order valence-electron chi connectivity index (χ4n) is 2.25. The average molecular weight is 319 g/mol. The van der Waals surface area contributed by atoms with Crippen molar-refractivity contribution in [2.24, 2.45) is 15.3 Å². The average Bonchev–Trinajstić information content (AvgIpc) is 3.01. The highest BCUT2D eigenvalue weighted by Gasteiger charge is 2.11. The number of thiophene rings is 1. The summed E-state index contributed by atoms with van der Waals surface area (Å²) in [5.74, 6) is 0. The first-order valence-electron chi connectivity index (χ1n) is 6.99. The maximum absolute atomic E-state index is 8.91. The highest BCUT2D eigenvalue weighted by molar-refractivity contribution is 7.10. The van der Waals surface area contributed by atoms with E-state index in [1.165, 1.54) is 0 Å². The van der Waals surface area contributed by atoms with Crippen LogP contribution in [-0.2, 0) is 0 Å². The molecule has 0 amide bonds. The quantitative estimate of drug-likeness (QED) is 0.280. The van der Waals surface area contributed by atoms with E-state index in [0.29, 0.717) is 11.4 Å². The molecule has 3 aromatic rings. The Morgan fingerprint density at radius 2 is 1.74 bits per heavy atom. The number of rotatable bonds is 4. The molecule has 1 heterocycles. The van der Waals surface area contributed by atoms with E-state index in [0.717, 1.165) is 21.7 Å². The summed E-state index contributed by atoms with van der Waals surface area (Å²) >= 11 is 1.65. The second kappa shape index (κ2) is 6.87. The largest absolute Gasteiger partial charge is 0.151 e. The lowest BCUT2D eigenvalue weighted by Gasteiger charge is -2.07. The molecule has 2 aromatic carbocycles. The predicted molar refractivity (Wildman–Crippen MR) is 93.9 cm³/mol. The summed E-state index contributed by atoms with van der Waals surface area (Å²) in [6.07, 6.45) is 0. The Morgan fingerprint density at radius 3 is 2.43 bits per heavy atom. The van der Waals surface area contributed by atoms with Crippen LogP contribution in [0.2, 0.25) is 0 Å². The van der Waals surface area contributed by atoms with Gasteiger partial charge in [0.25, 0.3) is 0 Å². The second-order valence-electron chi connectivity index (χ2n) is 4.79. The summed E-state index contributed by atoms with van der Waals surface area (Å²) in [5, 5.41) is 14.3. The van der Waals surface area contributed by atoms with Crippen molar-refractivity contribution in [3.63, 3.8) is 0 Å². The molecule has 0 bridgehead atoms. The lowest BCUT2D eigenvalue weighted by Crippen LogP contribution is -1.79. The smallest absolute Gasteiger partial charge is 0.0958 e. The first-order chi connectivity index (χ1) is 11.3. The maximum Gasteiger partial charge on any atom is 0.0958 e. The molecule has 0 saturated heterocycles. The van der Waals surface area contributed by atoms with Crippen LogP contribution in [0.1, 0.15) is 4.88 Å². The van der Waals surface area contributed by atoms with Gasteiger partial charge in [0, 0.05) is 9.79 Å². The Kier molecular flexibility index (Phi) is 4.47. The molecule has 23 heavy (non-hydrogen) atoms. The molecule has 0 spiro atoms. The lowest BCUT2D eigenvalue weighted by molar-refractivity contribution is 1.22. The van der Waals surface area contributed by atoms with E-state index in [1.807, 2.05) is 60.8 Å². The van der Waals surface area contributed by atoms with Crippen molar-refractivity contribution < 1.29 is 0 Å². The molecule has 3 rings (SSSR count). The van der Waals surface area contributed by atoms with Gasteiger partial charge < -0.3 is 0 Å². The van der Waals surface area contributed by atoms with Gasteiger partial charge in [-0.1, -0.05) is 35.4 Å². The van der Waals surface area contributed by atoms with Gasteiger partial charge in [-0.25, -0.2) is 0 Å². The van der Waals surface area contributed by atoms with E-state index < -0.39 is 0 Å². The minimum atomic E-state index is 0.496. The summed E-state index contributed by atoms with van der Waals surface area (Å²) < 4.78 is 0. The van der Waals surface area contributed by atoms with E-state index in [9.17, 15) is 0 Å². The van der Waals surface area contributed by atoms with Crippen LogP contribution in [0.5, 0.6) is 0 Å². The molecule has 0 N–H and O–H groups in total. The van der Waals surface area contributed by atoms with Gasteiger partial charge in [0.1, 0.15) is 0 Å². The number of azo groups is 1. The van der Waals surface area contributed by atoms with Gasteiger partial charge in [-0.3, -0.25) is 0 Å². The Bertz CT molecular complexity index is 892. The van der Waals surface area contributed by atoms with Crippen molar-refractivity contribution in [2.75, 3.05) is 0 Å². The first kappa shape index (κ1) is 15.0. The Balaban J connectivity index is 2.09. The highest BCUT2D eigenvalue weighted by Crippen LogP contribution is 2.41. The van der Waals surface area contributed by atoms with E-state index >= 15 is 0 Å². The SMILES string of the molecule is Cc1sccc1-c1cccc(N=Nc2ccccc2)c1N=[N+]=[N-]. The summed E-state index contributed by atoms with van der Waals surface area (Å²) in [7, 11) is 0. The van der Waals surface area contributed by atoms with E-state index in [4.69, 9.17) is 5.53 Å². The zero-order valence-corrected chi connectivity index (χ0v) is 13.2. The molecule has 5 nitrogen and oxygen atoms in total. The minimum absolute atomic E-state index is 0.496. The van der Waals surface area contributed by atoms with Crippen LogP contribution >= 0.6 is 11.3 Å². The third-order valence-electron chi connectivity index (χ3n) is 3.34. The normalized spacial score (nSPS) is 10.7. The highest BCUT2D eigenvalue weighted by atomic mass is 32.1. The molecular formula is C17H13N5S. The number of benzene rings is 2. The molecule has 1 aromatic heterocycles. The number of hydrogen-bond acceptors (Lipinski definition) is 4. The van der Waals surface area contributed by atoms with E-state index in [2.05, 4.69) is 20.3 Å². The van der Waals surface area contributed by atoms with Crippen LogP contribution in [0.25, 0.3) is 21.6 Å². The molecule has 0 aliphatic heterocycles. The molecule has 6 heteroatoms. The third kappa shape index (κ3) is 3.29. The van der Waals surface area contributed by atoms with Crippen LogP contribution < -0.4 is 0 Å². The van der Waals surface area contributed by atoms with Crippen LogP contribution in [0.15, 0.2) is 75.3 Å². The van der Waals surface area contributed by atoms with Crippen molar-refractivity contribution in [3.8, 4) is 11.1 Å². The van der Waals surface area contributed by atoms with Crippen LogP contribution in [0.4, 0.5) is 17.1 Å². The molecule has 112 valence electrons. The fraction of sp³-hybridized carbons (Fsp3) is 0.0588. The van der Waals surface area contributed by atoms with Gasteiger partial charge in [-0.15, -0.1) is 11.3 Å². The molecule has 0 aliphatic rings. The first-order valence-corrected chi connectivity index (χ1v) is 7.87. The number of aryl methyl sites for hydroxylation is 1. The molecule has 0 saturated carbocycles. The molecule has 0 atom stereocenters. The van der Waals surface area contributed by atoms with Crippen molar-refractivity contribution >= 4 is 28.4 Å². The fourth-order valence-corrected chi connectivity index (χ4v) is 2.96. The lowest BCUT2D eigenvalue weighted by atomic mass is 10.0. The van der Waals surface area contributed by atoms with Crippen LogP contribution in [0.3, 0.4) is 0 Å². The van der Waals surface area contributed by atoms with Gasteiger partial charge in [0.15, 0.2) is 0 Å². The Hall–Kier alpha value is -2.95. The molecule has 0 fully saturated rings. The second-order valence-corrected chi connectivity index (χ2v) is 5.91. The van der Waals surface area contributed by atoms with Crippen molar-refractivity contribution in [3.05, 3.63) is 75.3 Å². The van der Waals surface area contributed by atoms with Gasteiger partial charge in [0.05, 0.1) is 17.1 Å². The zero-order chi connectivity index (χ0) is 16.1. The number of nitrogens with zero attached hydrogens (tertiary/aromatic N) is 5. The Morgan fingerprint density at radius 1 is 0.913 bits per heavy atom. The number of hydrogen-bond donors (Lipinski definition) is 0. The van der Waals surface area contributed by atoms with Gasteiger partial charge in [0.2, 0.25) is 0 Å². The van der Waals surface area contributed by atoms with Gasteiger partial charge >= 0.3 is 0 Å². The van der Waals surface area contributed by atoms with Gasteiger partial charge in [-0.05, 0) is 53.2 Å². The summed E-state index contributed by atoms with van der Waals surface area (Å²) in [5.41, 5.74) is 12.6. The van der Waals surface area contributed by atoms with Crippen LogP contribution in [-0.4, -0.2) is 0 Å². The standard InChI is InChI=1S/C17H13N5S/c1-12-14(10-11-23-12)15-8-5-9-16(17(15)21-22-18)20-19-13-6-3-2-4-7-13/h2-11H,1H3.